The molecule has 1 N–H and O–H groups in total. The van der Waals surface area contributed by atoms with E-state index in [2.05, 4.69) is 90.2 Å². The minimum Gasteiger partial charge on any atom is -0.384 e. The predicted octanol–water partition coefficient (Wildman–Crippen LogP) is 4.93. The molecule has 0 atom stereocenters. The summed E-state index contributed by atoms with van der Waals surface area (Å²) in [6.07, 6.45) is 0. The smallest absolute Gasteiger partial charge is 0.0340 e. The van der Waals surface area contributed by atoms with Gasteiger partial charge in [-0.2, -0.15) is 0 Å². The lowest BCUT2D eigenvalue weighted by atomic mass is 9.91. The molecule has 0 unspecified atom stereocenters. The maximum absolute atomic E-state index is 3.54. The lowest BCUT2D eigenvalue weighted by Crippen LogP contribution is -2.14. The first-order chi connectivity index (χ1) is 10.4. The van der Waals surface area contributed by atoms with Crippen molar-refractivity contribution in [1.82, 2.24) is 0 Å². The van der Waals surface area contributed by atoms with Crippen LogP contribution in [-0.2, 0) is 0 Å². The van der Waals surface area contributed by atoms with Crippen molar-refractivity contribution in [2.24, 2.45) is 0 Å². The molecule has 0 aliphatic carbocycles. The van der Waals surface area contributed by atoms with Crippen LogP contribution < -0.4 is 5.32 Å². The minimum absolute atomic E-state index is 0.354. The van der Waals surface area contributed by atoms with Crippen LogP contribution in [0.15, 0.2) is 91.0 Å². The summed E-state index contributed by atoms with van der Waals surface area (Å²) in [5.41, 5.74) is 3.84. The van der Waals surface area contributed by atoms with Gasteiger partial charge in [-0.3, -0.25) is 0 Å². The van der Waals surface area contributed by atoms with Crippen LogP contribution in [-0.4, -0.2) is 6.54 Å². The maximum Gasteiger partial charge on any atom is 0.0340 e. The molecule has 104 valence electrons. The zero-order valence-electron chi connectivity index (χ0n) is 11.9. The molecule has 21 heavy (non-hydrogen) atoms. The Morgan fingerprint density at radius 3 is 1.48 bits per heavy atom. The Labute approximate surface area is 126 Å². The largest absolute Gasteiger partial charge is 0.384 e. The van der Waals surface area contributed by atoms with Gasteiger partial charge in [-0.05, 0) is 23.3 Å². The van der Waals surface area contributed by atoms with Crippen LogP contribution in [0.5, 0.6) is 0 Å². The van der Waals surface area contributed by atoms with Crippen molar-refractivity contribution in [3.05, 3.63) is 102 Å². The van der Waals surface area contributed by atoms with E-state index >= 15 is 0 Å². The van der Waals surface area contributed by atoms with Gasteiger partial charge in [0.05, 0.1) is 0 Å². The van der Waals surface area contributed by atoms with Gasteiger partial charge in [-0.15, -0.1) is 0 Å². The summed E-state index contributed by atoms with van der Waals surface area (Å²) in [6, 6.07) is 31.7. The zero-order chi connectivity index (χ0) is 14.3. The van der Waals surface area contributed by atoms with E-state index < -0.39 is 0 Å². The Balaban J connectivity index is 1.83. The summed E-state index contributed by atoms with van der Waals surface area (Å²) < 4.78 is 0. The molecule has 0 heterocycles. The molecule has 0 aliphatic rings. The van der Waals surface area contributed by atoms with Crippen molar-refractivity contribution in [2.45, 2.75) is 5.92 Å². The van der Waals surface area contributed by atoms with Gasteiger partial charge >= 0.3 is 0 Å². The number of para-hydroxylation sites is 1. The third kappa shape index (κ3) is 3.51. The van der Waals surface area contributed by atoms with Crippen molar-refractivity contribution in [3.8, 4) is 0 Å². The van der Waals surface area contributed by atoms with Crippen molar-refractivity contribution in [2.75, 3.05) is 11.9 Å². The number of hydrogen-bond donors (Lipinski definition) is 1. The van der Waals surface area contributed by atoms with E-state index in [0.717, 1.165) is 12.2 Å². The average Bonchev–Trinajstić information content (AvgIpc) is 2.58. The van der Waals surface area contributed by atoms with E-state index in [-0.39, 0.29) is 0 Å². The number of anilines is 1. The van der Waals surface area contributed by atoms with Crippen LogP contribution >= 0.6 is 0 Å². The average molecular weight is 273 g/mol. The first-order valence-corrected chi connectivity index (χ1v) is 7.32. The maximum atomic E-state index is 3.54. The second kappa shape index (κ2) is 6.76. The van der Waals surface area contributed by atoms with Gasteiger partial charge in [0.2, 0.25) is 0 Å². The third-order valence-electron chi connectivity index (χ3n) is 3.69. The summed E-state index contributed by atoms with van der Waals surface area (Å²) >= 11 is 0. The summed E-state index contributed by atoms with van der Waals surface area (Å²) in [7, 11) is 0. The molecule has 3 aromatic carbocycles. The Hall–Kier alpha value is -2.54. The van der Waals surface area contributed by atoms with Crippen molar-refractivity contribution < 1.29 is 0 Å². The van der Waals surface area contributed by atoms with Gasteiger partial charge in [0, 0.05) is 18.2 Å². The van der Waals surface area contributed by atoms with Gasteiger partial charge in [0.1, 0.15) is 0 Å². The van der Waals surface area contributed by atoms with E-state index in [0.29, 0.717) is 5.92 Å². The molecule has 0 fully saturated rings. The van der Waals surface area contributed by atoms with E-state index in [9.17, 15) is 0 Å². The fourth-order valence-corrected chi connectivity index (χ4v) is 2.57. The second-order valence-corrected chi connectivity index (χ2v) is 5.12. The molecule has 0 saturated heterocycles. The molecule has 1 nitrogen and oxygen atoms in total. The Bertz CT molecular complexity index is 608. The SMILES string of the molecule is c1ccc(NCC(c2ccccc2)c2ccccc2)cc1. The van der Waals surface area contributed by atoms with E-state index in [1.165, 1.54) is 11.1 Å². The highest BCUT2D eigenvalue weighted by Gasteiger charge is 2.13. The van der Waals surface area contributed by atoms with Crippen LogP contribution in [0.25, 0.3) is 0 Å². The van der Waals surface area contributed by atoms with Crippen LogP contribution in [0.2, 0.25) is 0 Å². The molecule has 0 aliphatic heterocycles. The standard InChI is InChI=1S/C20H19N/c1-4-10-17(11-5-1)20(18-12-6-2-7-13-18)16-21-19-14-8-3-9-15-19/h1-15,20-21H,16H2. The van der Waals surface area contributed by atoms with Gasteiger partial charge in [-0.25, -0.2) is 0 Å². The van der Waals surface area contributed by atoms with Crippen molar-refractivity contribution >= 4 is 5.69 Å². The van der Waals surface area contributed by atoms with Gasteiger partial charge < -0.3 is 5.32 Å². The fourth-order valence-electron chi connectivity index (χ4n) is 2.57. The first-order valence-electron chi connectivity index (χ1n) is 7.32. The van der Waals surface area contributed by atoms with Crippen LogP contribution in [0.4, 0.5) is 5.69 Å². The van der Waals surface area contributed by atoms with E-state index in [1.807, 2.05) is 6.07 Å². The second-order valence-electron chi connectivity index (χ2n) is 5.12. The van der Waals surface area contributed by atoms with Crippen molar-refractivity contribution in [3.63, 3.8) is 0 Å². The summed E-state index contributed by atoms with van der Waals surface area (Å²) in [6.45, 7) is 0.887. The van der Waals surface area contributed by atoms with Gasteiger partial charge in [-0.1, -0.05) is 78.9 Å². The molecule has 3 aromatic rings. The fraction of sp³-hybridized carbons (Fsp3) is 0.100. The lowest BCUT2D eigenvalue weighted by Gasteiger charge is -2.19. The molecular formula is C20H19N. The van der Waals surface area contributed by atoms with Crippen LogP contribution in [0.1, 0.15) is 17.0 Å². The molecule has 1 heteroatoms. The predicted molar refractivity (Wildman–Crippen MR) is 89.7 cm³/mol. The Kier molecular flexibility index (Phi) is 4.33. The van der Waals surface area contributed by atoms with E-state index in [1.54, 1.807) is 0 Å². The van der Waals surface area contributed by atoms with Gasteiger partial charge in [0.15, 0.2) is 0 Å². The first kappa shape index (κ1) is 13.4. The van der Waals surface area contributed by atoms with E-state index in [4.69, 9.17) is 0 Å². The molecule has 0 amide bonds. The monoisotopic (exact) mass is 273 g/mol. The summed E-state index contributed by atoms with van der Waals surface area (Å²) in [5.74, 6) is 0.354. The number of benzene rings is 3. The Morgan fingerprint density at radius 2 is 1.00 bits per heavy atom. The lowest BCUT2D eigenvalue weighted by molar-refractivity contribution is 0.853. The molecule has 3 rings (SSSR count). The van der Waals surface area contributed by atoms with Crippen LogP contribution in [0, 0.1) is 0 Å². The molecule has 0 radical (unpaired) electrons. The topological polar surface area (TPSA) is 12.0 Å². The molecular weight excluding hydrogens is 254 g/mol. The number of hydrogen-bond acceptors (Lipinski definition) is 1. The summed E-state index contributed by atoms with van der Waals surface area (Å²) in [5, 5.41) is 3.54. The van der Waals surface area contributed by atoms with Crippen molar-refractivity contribution in [1.29, 1.82) is 0 Å². The molecule has 0 bridgehead atoms. The molecule has 0 spiro atoms. The summed E-state index contributed by atoms with van der Waals surface area (Å²) in [4.78, 5) is 0. The number of nitrogens with one attached hydrogen (secondary N) is 1. The zero-order valence-corrected chi connectivity index (χ0v) is 11.9. The minimum atomic E-state index is 0.354. The third-order valence-corrected chi connectivity index (χ3v) is 3.69. The number of rotatable bonds is 5. The Morgan fingerprint density at radius 1 is 0.571 bits per heavy atom. The molecule has 0 aromatic heterocycles. The highest BCUT2D eigenvalue weighted by Crippen LogP contribution is 2.25. The highest BCUT2D eigenvalue weighted by atomic mass is 14.9. The quantitative estimate of drug-likeness (QED) is 0.695. The normalized spacial score (nSPS) is 10.5. The van der Waals surface area contributed by atoms with Gasteiger partial charge in [0.25, 0.3) is 0 Å². The molecule has 0 saturated carbocycles. The highest BCUT2D eigenvalue weighted by molar-refractivity contribution is 5.44. The van der Waals surface area contributed by atoms with Crippen LogP contribution in [0.3, 0.4) is 0 Å².